The highest BCUT2D eigenvalue weighted by Crippen LogP contribution is 2.35. The van der Waals surface area contributed by atoms with E-state index >= 15 is 0 Å². The maximum atomic E-state index is 10.7. The molecule has 5 atom stereocenters. The molecule has 0 bridgehead atoms. The van der Waals surface area contributed by atoms with E-state index in [9.17, 15) is 10.2 Å². The van der Waals surface area contributed by atoms with Crippen LogP contribution in [0.1, 0.15) is 60.4 Å². The van der Waals surface area contributed by atoms with Gasteiger partial charge in [-0.25, -0.2) is 19.3 Å². The number of aromatic nitrogens is 6. The van der Waals surface area contributed by atoms with Crippen LogP contribution in [0.15, 0.2) is 108 Å². The van der Waals surface area contributed by atoms with Gasteiger partial charge in [0.15, 0.2) is 0 Å². The Morgan fingerprint density at radius 3 is 1.77 bits per heavy atom. The number of alkyl halides is 1. The van der Waals surface area contributed by atoms with Crippen molar-refractivity contribution in [1.29, 1.82) is 0 Å². The third kappa shape index (κ3) is 10.4. The van der Waals surface area contributed by atoms with Crippen LogP contribution in [-0.4, -0.2) is 57.0 Å². The van der Waals surface area contributed by atoms with Crippen molar-refractivity contribution in [3.05, 3.63) is 108 Å². The molecule has 252 valence electrons. The van der Waals surface area contributed by atoms with Crippen LogP contribution >= 0.6 is 27.5 Å². The van der Waals surface area contributed by atoms with Gasteiger partial charge < -0.3 is 24.4 Å². The van der Waals surface area contributed by atoms with Crippen LogP contribution in [0.5, 0.6) is 11.5 Å². The Bertz CT molecular complexity index is 1570. The second kappa shape index (κ2) is 15.5. The molecule has 5 unspecified atom stereocenters. The van der Waals surface area contributed by atoms with Crippen LogP contribution in [0.3, 0.4) is 0 Å². The Balaban J connectivity index is 0.000000223. The van der Waals surface area contributed by atoms with Crippen LogP contribution in [0.25, 0.3) is 0 Å². The van der Waals surface area contributed by atoms with E-state index in [-0.39, 0.29) is 5.41 Å². The fraction of sp³-hybridized carbons (Fsp3) is 0.412. The van der Waals surface area contributed by atoms with E-state index in [2.05, 4.69) is 36.1 Å². The lowest BCUT2D eigenvalue weighted by molar-refractivity contribution is -0.100. The number of benzene rings is 2. The summed E-state index contributed by atoms with van der Waals surface area (Å²) >= 11 is 9.94. The summed E-state index contributed by atoms with van der Waals surface area (Å²) in [5.41, 5.74) is -0.742. The van der Waals surface area contributed by atoms with Gasteiger partial charge in [0.25, 0.3) is 0 Å². The normalized spacial score (nSPS) is 19.0. The quantitative estimate of drug-likeness (QED) is 0.165. The largest absolute Gasteiger partial charge is 0.468 e. The monoisotopic (exact) mass is 728 g/mol. The number of aliphatic hydroxyl groups is 2. The molecule has 5 rings (SSSR count). The number of hydrogen-bond acceptors (Lipinski definition) is 9. The van der Waals surface area contributed by atoms with Gasteiger partial charge in [-0.1, -0.05) is 87.3 Å². The van der Waals surface area contributed by atoms with E-state index < -0.39 is 35.1 Å². The zero-order chi connectivity index (χ0) is 34.2. The van der Waals surface area contributed by atoms with Crippen LogP contribution in [0, 0.1) is 10.8 Å². The summed E-state index contributed by atoms with van der Waals surface area (Å²) in [6.45, 7) is 11.7. The zero-order valence-corrected chi connectivity index (χ0v) is 29.7. The molecule has 2 aromatic heterocycles. The first-order chi connectivity index (χ1) is 22.1. The fourth-order valence-corrected chi connectivity index (χ4v) is 4.79. The molecule has 1 aliphatic carbocycles. The van der Waals surface area contributed by atoms with Crippen LogP contribution in [0.4, 0.5) is 0 Å². The van der Waals surface area contributed by atoms with Gasteiger partial charge in [-0.2, -0.15) is 10.2 Å². The summed E-state index contributed by atoms with van der Waals surface area (Å²) in [4.78, 5) is 7.87. The molecule has 13 heteroatoms. The second-order valence-corrected chi connectivity index (χ2v) is 14.7. The number of rotatable bonds is 10. The van der Waals surface area contributed by atoms with Gasteiger partial charge >= 0.3 is 0 Å². The first-order valence-corrected chi connectivity index (χ1v) is 16.3. The van der Waals surface area contributed by atoms with Gasteiger partial charge in [0.2, 0.25) is 17.5 Å². The maximum Gasteiger partial charge on any atom is 0.219 e. The van der Waals surface area contributed by atoms with E-state index in [1.807, 2.05) is 102 Å². The Labute approximate surface area is 289 Å². The van der Waals surface area contributed by atoms with Gasteiger partial charge in [0.1, 0.15) is 54.8 Å². The number of allylic oxidation sites excluding steroid dienone is 1. The summed E-state index contributed by atoms with van der Waals surface area (Å²) < 4.78 is 21.8. The van der Waals surface area contributed by atoms with Gasteiger partial charge in [-0.05, 0) is 65.5 Å². The van der Waals surface area contributed by atoms with Crippen molar-refractivity contribution < 1.29 is 24.4 Å². The lowest BCUT2D eigenvalue weighted by atomic mass is 9.88. The van der Waals surface area contributed by atoms with E-state index in [0.717, 1.165) is 4.47 Å². The molecule has 1 aliphatic rings. The number of nitrogens with zero attached hydrogens (tertiary/aromatic N) is 6. The highest BCUT2D eigenvalue weighted by molar-refractivity contribution is 9.10. The molecule has 0 spiro atoms. The minimum Gasteiger partial charge on any atom is -0.468 e. The number of halogens is 2. The lowest BCUT2D eigenvalue weighted by Crippen LogP contribution is -2.38. The average molecular weight is 730 g/mol. The zero-order valence-electron chi connectivity index (χ0n) is 27.3. The van der Waals surface area contributed by atoms with Crippen molar-refractivity contribution >= 4 is 27.5 Å². The Kier molecular flexibility index (Phi) is 11.9. The molecule has 0 aliphatic heterocycles. The Morgan fingerprint density at radius 1 is 0.787 bits per heavy atom. The Morgan fingerprint density at radius 2 is 1.32 bits per heavy atom. The van der Waals surface area contributed by atoms with Gasteiger partial charge in [-0.3, -0.25) is 0 Å². The molecule has 2 aromatic carbocycles. The van der Waals surface area contributed by atoms with Crippen molar-refractivity contribution in [3.8, 4) is 11.5 Å². The molecular weight excluding hydrogens is 688 g/mol. The van der Waals surface area contributed by atoms with E-state index in [0.29, 0.717) is 23.7 Å². The molecule has 0 saturated carbocycles. The SMILES string of the molecule is CC(C)(C)C(O)C(OC1=CCC(Cl)(Oc2ccccc2)C=C1)n1cncn1.CC(C)(C)C(O)C(Oc1ccc(Br)cc1)n1cncn1. The lowest BCUT2D eigenvalue weighted by Gasteiger charge is -2.34. The van der Waals surface area contributed by atoms with Crippen LogP contribution < -0.4 is 9.47 Å². The number of hydrogen-bond donors (Lipinski definition) is 2. The third-order valence-electron chi connectivity index (χ3n) is 7.15. The van der Waals surface area contributed by atoms with E-state index in [4.69, 9.17) is 25.8 Å². The highest BCUT2D eigenvalue weighted by Gasteiger charge is 2.36. The molecule has 11 nitrogen and oxygen atoms in total. The summed E-state index contributed by atoms with van der Waals surface area (Å²) in [7, 11) is 0. The van der Waals surface area contributed by atoms with Gasteiger partial charge in [-0.15, -0.1) is 0 Å². The van der Waals surface area contributed by atoms with Crippen LogP contribution in [-0.2, 0) is 4.74 Å². The standard InChI is InChI=1S/C20H24ClN3O3.C14H18BrN3O2/c1-19(2,3)17(25)18(24-14-22-13-23-24)26-15-9-11-20(21,12-10-15)27-16-7-5-4-6-8-16;1-14(2,3)12(19)13(18-9-16-8-17-18)20-11-6-4-10(15)5-7-11/h4-11,13-14,17-18,25H,12H2,1-3H3;4-9,12-13,19H,1-3H3. The van der Waals surface area contributed by atoms with Crippen molar-refractivity contribution in [2.24, 2.45) is 10.8 Å². The molecule has 0 saturated heterocycles. The predicted molar refractivity (Wildman–Crippen MR) is 182 cm³/mol. The van der Waals surface area contributed by atoms with Crippen molar-refractivity contribution in [2.45, 2.75) is 77.7 Å². The first kappa shape index (κ1) is 36.1. The van der Waals surface area contributed by atoms with Crippen molar-refractivity contribution in [2.75, 3.05) is 0 Å². The van der Waals surface area contributed by atoms with E-state index in [1.54, 1.807) is 18.5 Å². The second-order valence-electron chi connectivity index (χ2n) is 13.2. The van der Waals surface area contributed by atoms with Crippen LogP contribution in [0.2, 0.25) is 0 Å². The minimum absolute atomic E-state index is 0.341. The molecular formula is C34H42BrClN6O5. The fourth-order valence-electron chi connectivity index (χ4n) is 4.30. The molecule has 2 N–H and O–H groups in total. The maximum absolute atomic E-state index is 10.7. The average Bonchev–Trinajstić information content (AvgIpc) is 3.75. The predicted octanol–water partition coefficient (Wildman–Crippen LogP) is 7.08. The molecule has 0 fully saturated rings. The highest BCUT2D eigenvalue weighted by atomic mass is 79.9. The molecule has 0 radical (unpaired) electrons. The summed E-state index contributed by atoms with van der Waals surface area (Å²) in [5.74, 6) is 1.95. The third-order valence-corrected chi connectivity index (χ3v) is 8.03. The minimum atomic E-state index is -0.973. The number of para-hydroxylation sites is 1. The summed E-state index contributed by atoms with van der Waals surface area (Å²) in [5, 5.41) is 28.5. The summed E-state index contributed by atoms with van der Waals surface area (Å²) in [6, 6.07) is 16.9. The topological polar surface area (TPSA) is 130 Å². The number of aliphatic hydroxyl groups excluding tert-OH is 2. The van der Waals surface area contributed by atoms with Gasteiger partial charge in [0.05, 0.1) is 0 Å². The van der Waals surface area contributed by atoms with E-state index in [1.165, 1.54) is 28.3 Å². The molecule has 4 aromatic rings. The van der Waals surface area contributed by atoms with Crippen molar-refractivity contribution in [1.82, 2.24) is 29.5 Å². The smallest absolute Gasteiger partial charge is 0.219 e. The molecule has 0 amide bonds. The Hall–Kier alpha value is -3.71. The summed E-state index contributed by atoms with van der Waals surface area (Å²) in [6.07, 6.45) is 8.80. The number of ether oxygens (including phenoxy) is 3. The molecule has 47 heavy (non-hydrogen) atoms. The van der Waals surface area contributed by atoms with Gasteiger partial charge in [0, 0.05) is 10.9 Å². The molecule has 2 heterocycles. The van der Waals surface area contributed by atoms with Crippen molar-refractivity contribution in [3.63, 3.8) is 0 Å². The first-order valence-electron chi connectivity index (χ1n) is 15.1.